The molecule has 34 heavy (non-hydrogen) atoms. The number of fused-ring (bicyclic) bond motifs is 3. The average Bonchev–Trinajstić information content (AvgIpc) is 3.29. The van der Waals surface area contributed by atoms with Crippen molar-refractivity contribution in [3.05, 3.63) is 82.0 Å². The second-order valence-electron chi connectivity index (χ2n) is 8.40. The highest BCUT2D eigenvalue weighted by molar-refractivity contribution is 7.15. The molecule has 8 nitrogen and oxygen atoms in total. The van der Waals surface area contributed by atoms with Crippen LogP contribution in [0.15, 0.2) is 53.8 Å². The maximum atomic E-state index is 12.0. The van der Waals surface area contributed by atoms with E-state index >= 15 is 0 Å². The summed E-state index contributed by atoms with van der Waals surface area (Å²) in [6.45, 7) is 7.72. The molecule has 0 saturated heterocycles. The van der Waals surface area contributed by atoms with Crippen molar-refractivity contribution >= 4 is 34.4 Å². The number of aromatic nitrogens is 4. The number of aliphatic imine (C=N–C) groups is 1. The van der Waals surface area contributed by atoms with Gasteiger partial charge < -0.3 is 10.4 Å². The van der Waals surface area contributed by atoms with Gasteiger partial charge in [-0.05, 0) is 57.5 Å². The lowest BCUT2D eigenvalue weighted by Gasteiger charge is -2.16. The zero-order chi connectivity index (χ0) is 24.0. The second kappa shape index (κ2) is 8.49. The first-order valence-electron chi connectivity index (χ1n) is 11.0. The Morgan fingerprint density at radius 3 is 2.56 bits per heavy atom. The van der Waals surface area contributed by atoms with E-state index in [4.69, 9.17) is 4.99 Å². The highest BCUT2D eigenvalue weighted by Gasteiger charge is 2.36. The third kappa shape index (κ3) is 3.67. The highest BCUT2D eigenvalue weighted by Crippen LogP contribution is 2.40. The van der Waals surface area contributed by atoms with E-state index in [0.29, 0.717) is 11.6 Å². The fourth-order valence-electron chi connectivity index (χ4n) is 4.13. The van der Waals surface area contributed by atoms with Gasteiger partial charge in [0.25, 0.3) is 0 Å². The zero-order valence-electron chi connectivity index (χ0n) is 19.3. The molecule has 1 aliphatic heterocycles. The minimum Gasteiger partial charge on any atom is -0.481 e. The first-order chi connectivity index (χ1) is 16.3. The van der Waals surface area contributed by atoms with E-state index in [1.807, 2.05) is 47.9 Å². The highest BCUT2D eigenvalue weighted by atomic mass is 32.1. The maximum Gasteiger partial charge on any atom is 0.308 e. The van der Waals surface area contributed by atoms with Gasteiger partial charge in [-0.3, -0.25) is 19.3 Å². The Bertz CT molecular complexity index is 1410. The van der Waals surface area contributed by atoms with Crippen LogP contribution in [0.4, 0.5) is 11.4 Å². The number of thiophene rings is 1. The molecule has 3 aromatic heterocycles. The van der Waals surface area contributed by atoms with E-state index in [1.54, 1.807) is 30.7 Å². The quantitative estimate of drug-likeness (QED) is 0.423. The lowest BCUT2D eigenvalue weighted by Crippen LogP contribution is -2.21. The molecular weight excluding hydrogens is 448 g/mol. The Morgan fingerprint density at radius 1 is 1.12 bits per heavy atom. The monoisotopic (exact) mass is 472 g/mol. The number of anilines is 2. The number of hydrogen-bond donors (Lipinski definition) is 2. The Kier molecular flexibility index (Phi) is 5.49. The third-order valence-electron chi connectivity index (χ3n) is 6.16. The minimum absolute atomic E-state index is 0.555. The smallest absolute Gasteiger partial charge is 0.308 e. The molecule has 9 heteroatoms. The van der Waals surface area contributed by atoms with E-state index in [2.05, 4.69) is 34.3 Å². The van der Waals surface area contributed by atoms with E-state index in [1.165, 1.54) is 4.88 Å². The first kappa shape index (κ1) is 22.0. The van der Waals surface area contributed by atoms with Crippen molar-refractivity contribution in [2.24, 2.45) is 10.9 Å². The van der Waals surface area contributed by atoms with E-state index in [0.717, 1.165) is 38.8 Å². The number of nitrogens with one attached hydrogen (secondary N) is 1. The van der Waals surface area contributed by atoms with Gasteiger partial charge in [0.2, 0.25) is 0 Å². The number of rotatable bonds is 5. The molecule has 0 saturated carbocycles. The molecule has 2 N–H and O–H groups in total. The van der Waals surface area contributed by atoms with Gasteiger partial charge >= 0.3 is 5.97 Å². The minimum atomic E-state index is -0.922. The molecule has 0 bridgehead atoms. The standard InChI is InChI=1S/C25H24N6O2S/c1-13-15(3)34-24-20(13)22(17-7-9-18(10-8-17)27-19-6-5-11-26-12-19)28-21(14(2)25(32)33)23-30-29-16(4)31(23)24/h5-12,14,21,27H,1-4H3,(H,32,33)/t14?,21-/m0/s1. The predicted octanol–water partition coefficient (Wildman–Crippen LogP) is 5.01. The van der Waals surface area contributed by atoms with Crippen LogP contribution >= 0.6 is 11.3 Å². The van der Waals surface area contributed by atoms with Crippen LogP contribution in [0, 0.1) is 26.7 Å². The Balaban J connectivity index is 1.65. The van der Waals surface area contributed by atoms with Crippen LogP contribution in [0.1, 0.15) is 46.2 Å². The number of benzene rings is 1. The summed E-state index contributed by atoms with van der Waals surface area (Å²) in [5.74, 6) is -0.416. The topological polar surface area (TPSA) is 105 Å². The van der Waals surface area contributed by atoms with Gasteiger partial charge in [-0.2, -0.15) is 0 Å². The number of hydrogen-bond acceptors (Lipinski definition) is 7. The third-order valence-corrected chi connectivity index (χ3v) is 7.35. The molecule has 2 atom stereocenters. The Morgan fingerprint density at radius 2 is 1.88 bits per heavy atom. The van der Waals surface area contributed by atoms with Gasteiger partial charge in [0, 0.05) is 27.9 Å². The molecule has 0 fully saturated rings. The molecule has 1 aromatic carbocycles. The summed E-state index contributed by atoms with van der Waals surface area (Å²) in [4.78, 5) is 22.3. The lowest BCUT2D eigenvalue weighted by atomic mass is 9.98. The molecule has 4 heterocycles. The summed E-state index contributed by atoms with van der Waals surface area (Å²) in [7, 11) is 0. The molecule has 0 aliphatic carbocycles. The molecule has 0 radical (unpaired) electrons. The number of pyridine rings is 1. The van der Waals surface area contributed by atoms with Crippen LogP contribution in [0.3, 0.4) is 0 Å². The van der Waals surface area contributed by atoms with Gasteiger partial charge in [0.1, 0.15) is 16.9 Å². The fourth-order valence-corrected chi connectivity index (χ4v) is 5.35. The number of aryl methyl sites for hydroxylation is 2. The maximum absolute atomic E-state index is 12.0. The van der Waals surface area contributed by atoms with Crippen molar-refractivity contribution in [2.75, 3.05) is 5.32 Å². The number of carbonyl (C=O) groups is 1. The second-order valence-corrected chi connectivity index (χ2v) is 9.60. The summed E-state index contributed by atoms with van der Waals surface area (Å²) in [5, 5.41) is 22.8. The average molecular weight is 473 g/mol. The van der Waals surface area contributed by atoms with Crippen LogP contribution < -0.4 is 5.32 Å². The van der Waals surface area contributed by atoms with E-state index in [9.17, 15) is 9.90 Å². The van der Waals surface area contributed by atoms with Crippen molar-refractivity contribution in [3.63, 3.8) is 0 Å². The van der Waals surface area contributed by atoms with Crippen molar-refractivity contribution < 1.29 is 9.90 Å². The number of nitrogens with zero attached hydrogens (tertiary/aromatic N) is 5. The normalized spacial score (nSPS) is 15.6. The van der Waals surface area contributed by atoms with Crippen LogP contribution in [0.5, 0.6) is 0 Å². The molecule has 1 unspecified atom stereocenters. The zero-order valence-corrected chi connectivity index (χ0v) is 20.1. The molecule has 172 valence electrons. The fraction of sp³-hybridized carbons (Fsp3) is 0.240. The van der Waals surface area contributed by atoms with E-state index < -0.39 is 17.9 Å². The summed E-state index contributed by atoms with van der Waals surface area (Å²) < 4.78 is 1.97. The number of carboxylic acid groups (broad SMARTS) is 1. The summed E-state index contributed by atoms with van der Waals surface area (Å²) in [5.41, 5.74) is 5.63. The van der Waals surface area contributed by atoms with Gasteiger partial charge in [0.05, 0.1) is 23.5 Å². The van der Waals surface area contributed by atoms with Crippen molar-refractivity contribution in [1.29, 1.82) is 0 Å². The van der Waals surface area contributed by atoms with Crippen molar-refractivity contribution in [2.45, 2.75) is 33.7 Å². The Hall–Kier alpha value is -3.85. The Labute approximate surface area is 201 Å². The molecule has 0 amide bonds. The largest absolute Gasteiger partial charge is 0.481 e. The number of aliphatic carboxylic acids is 1. The van der Waals surface area contributed by atoms with Crippen LogP contribution in [0.25, 0.3) is 5.00 Å². The van der Waals surface area contributed by atoms with Crippen LogP contribution in [-0.2, 0) is 4.79 Å². The summed E-state index contributed by atoms with van der Waals surface area (Å²) in [6, 6.07) is 11.2. The SMILES string of the molecule is Cc1sc2c(c1C)C(c1ccc(Nc3cccnc3)cc1)=N[C@@H](C(C)C(=O)O)c1nnc(C)n1-2. The van der Waals surface area contributed by atoms with Gasteiger partial charge in [-0.1, -0.05) is 12.1 Å². The molecule has 0 spiro atoms. The summed E-state index contributed by atoms with van der Waals surface area (Å²) >= 11 is 1.65. The van der Waals surface area contributed by atoms with Gasteiger partial charge in [0.15, 0.2) is 5.82 Å². The number of carboxylic acids is 1. The predicted molar refractivity (Wildman–Crippen MR) is 133 cm³/mol. The molecule has 4 aromatic rings. The lowest BCUT2D eigenvalue weighted by molar-refractivity contribution is -0.141. The van der Waals surface area contributed by atoms with Crippen molar-refractivity contribution in [3.8, 4) is 5.00 Å². The van der Waals surface area contributed by atoms with Crippen LogP contribution in [0.2, 0.25) is 0 Å². The summed E-state index contributed by atoms with van der Waals surface area (Å²) in [6.07, 6.45) is 3.50. The molecule has 1 aliphatic rings. The molecular formula is C25H24N6O2S. The van der Waals surface area contributed by atoms with Crippen molar-refractivity contribution in [1.82, 2.24) is 19.7 Å². The van der Waals surface area contributed by atoms with Gasteiger partial charge in [-0.25, -0.2) is 0 Å². The van der Waals surface area contributed by atoms with Gasteiger partial charge in [-0.15, -0.1) is 21.5 Å². The molecule has 5 rings (SSSR count). The van der Waals surface area contributed by atoms with E-state index in [-0.39, 0.29) is 0 Å². The van der Waals surface area contributed by atoms with Crippen LogP contribution in [-0.4, -0.2) is 36.5 Å². The first-order valence-corrected chi connectivity index (χ1v) is 11.8.